The summed E-state index contributed by atoms with van der Waals surface area (Å²) in [5, 5.41) is 8.55. The second-order valence-electron chi connectivity index (χ2n) is 6.06. The number of fused-ring (bicyclic) bond motifs is 1. The van der Waals surface area contributed by atoms with Crippen LogP contribution in [0.2, 0.25) is 0 Å². The van der Waals surface area contributed by atoms with Gasteiger partial charge in [-0.15, -0.1) is 5.10 Å². The van der Waals surface area contributed by atoms with Crippen LogP contribution in [0.3, 0.4) is 0 Å². The van der Waals surface area contributed by atoms with Crippen LogP contribution >= 0.6 is 0 Å². The van der Waals surface area contributed by atoms with Gasteiger partial charge in [0, 0.05) is 32.3 Å². The molecule has 24 heavy (non-hydrogen) atoms. The van der Waals surface area contributed by atoms with E-state index < -0.39 is 0 Å². The van der Waals surface area contributed by atoms with Crippen molar-refractivity contribution in [1.29, 1.82) is 0 Å². The Bertz CT molecular complexity index is 827. The van der Waals surface area contributed by atoms with E-state index in [2.05, 4.69) is 32.1 Å². The minimum absolute atomic E-state index is 0.789. The van der Waals surface area contributed by atoms with Crippen LogP contribution in [0, 0.1) is 0 Å². The molecule has 2 aromatic heterocycles. The molecule has 1 aliphatic rings. The Morgan fingerprint density at radius 3 is 2.88 bits per heavy atom. The lowest BCUT2D eigenvalue weighted by Gasteiger charge is -2.27. The van der Waals surface area contributed by atoms with Crippen molar-refractivity contribution in [2.24, 2.45) is 0 Å². The highest BCUT2D eigenvalue weighted by Crippen LogP contribution is 2.18. The molecular weight excluding hydrogens is 300 g/mol. The number of rotatable bonds is 4. The van der Waals surface area contributed by atoms with Crippen LogP contribution in [0.15, 0.2) is 42.7 Å². The van der Waals surface area contributed by atoms with Gasteiger partial charge in [0.25, 0.3) is 0 Å². The molecule has 0 saturated heterocycles. The predicted octanol–water partition coefficient (Wildman–Crippen LogP) is 2.18. The Labute approximate surface area is 141 Å². The van der Waals surface area contributed by atoms with Gasteiger partial charge in [-0.05, 0) is 24.1 Å². The van der Waals surface area contributed by atoms with Gasteiger partial charge in [-0.2, -0.15) is 0 Å². The van der Waals surface area contributed by atoms with Gasteiger partial charge < -0.3 is 0 Å². The number of nitrogens with zero attached hydrogens (tertiary/aromatic N) is 6. The van der Waals surface area contributed by atoms with E-state index in [9.17, 15) is 0 Å². The van der Waals surface area contributed by atoms with E-state index in [1.165, 1.54) is 5.56 Å². The van der Waals surface area contributed by atoms with Gasteiger partial charge in [-0.25, -0.2) is 14.6 Å². The van der Waals surface area contributed by atoms with Crippen LogP contribution in [-0.4, -0.2) is 36.4 Å². The van der Waals surface area contributed by atoms with Crippen molar-refractivity contribution in [2.45, 2.75) is 32.9 Å². The van der Waals surface area contributed by atoms with Crippen molar-refractivity contribution in [2.75, 3.05) is 6.54 Å². The largest absolute Gasteiger partial charge is 0.291 e. The van der Waals surface area contributed by atoms with Crippen LogP contribution in [-0.2, 0) is 25.9 Å². The lowest BCUT2D eigenvalue weighted by Crippen LogP contribution is -2.31. The Balaban J connectivity index is 1.47. The fourth-order valence-electron chi connectivity index (χ4n) is 3.01. The smallest absolute Gasteiger partial charge is 0.128 e. The van der Waals surface area contributed by atoms with E-state index in [0.717, 1.165) is 55.4 Å². The summed E-state index contributed by atoms with van der Waals surface area (Å²) >= 11 is 0. The summed E-state index contributed by atoms with van der Waals surface area (Å²) in [5.41, 5.74) is 4.44. The summed E-state index contributed by atoms with van der Waals surface area (Å²) in [6, 6.07) is 10.1. The summed E-state index contributed by atoms with van der Waals surface area (Å²) in [6.45, 7) is 4.73. The molecule has 0 spiro atoms. The SMILES string of the molecule is CCc1ncc2c(n1)CN(Cc1cn(-c3ccccc3)nn1)CC2. The molecule has 0 unspecified atom stereocenters. The maximum absolute atomic E-state index is 4.68. The highest BCUT2D eigenvalue weighted by atomic mass is 15.4. The van der Waals surface area contributed by atoms with Crippen molar-refractivity contribution in [3.63, 3.8) is 0 Å². The quantitative estimate of drug-likeness (QED) is 0.737. The average Bonchev–Trinajstić information content (AvgIpc) is 3.10. The predicted molar refractivity (Wildman–Crippen MR) is 90.6 cm³/mol. The van der Waals surface area contributed by atoms with E-state index in [-0.39, 0.29) is 0 Å². The van der Waals surface area contributed by atoms with Crippen molar-refractivity contribution in [1.82, 2.24) is 29.9 Å². The summed E-state index contributed by atoms with van der Waals surface area (Å²) < 4.78 is 1.82. The Kier molecular flexibility index (Phi) is 4.04. The number of para-hydroxylation sites is 1. The van der Waals surface area contributed by atoms with Crippen LogP contribution in [0.4, 0.5) is 0 Å². The normalized spacial score (nSPS) is 14.5. The maximum Gasteiger partial charge on any atom is 0.128 e. The van der Waals surface area contributed by atoms with E-state index in [1.807, 2.05) is 47.4 Å². The Hall–Kier alpha value is -2.60. The topological polar surface area (TPSA) is 59.7 Å². The maximum atomic E-state index is 4.68. The van der Waals surface area contributed by atoms with Crippen LogP contribution in [0.25, 0.3) is 5.69 Å². The third kappa shape index (κ3) is 3.05. The molecule has 0 saturated carbocycles. The van der Waals surface area contributed by atoms with Gasteiger partial charge >= 0.3 is 0 Å². The van der Waals surface area contributed by atoms with E-state index in [1.54, 1.807) is 0 Å². The number of hydrogen-bond donors (Lipinski definition) is 0. The van der Waals surface area contributed by atoms with E-state index in [0.29, 0.717) is 0 Å². The highest BCUT2D eigenvalue weighted by molar-refractivity contribution is 5.30. The van der Waals surface area contributed by atoms with E-state index >= 15 is 0 Å². The van der Waals surface area contributed by atoms with Crippen molar-refractivity contribution < 1.29 is 0 Å². The molecule has 6 heteroatoms. The van der Waals surface area contributed by atoms with Crippen LogP contribution in [0.1, 0.15) is 29.7 Å². The summed E-state index contributed by atoms with van der Waals surface area (Å²) in [5.74, 6) is 0.922. The minimum Gasteiger partial charge on any atom is -0.291 e. The first-order chi connectivity index (χ1) is 11.8. The number of aryl methyl sites for hydroxylation is 1. The first-order valence-electron chi connectivity index (χ1n) is 8.34. The zero-order chi connectivity index (χ0) is 16.4. The fraction of sp³-hybridized carbons (Fsp3) is 0.333. The second kappa shape index (κ2) is 6.49. The lowest BCUT2D eigenvalue weighted by molar-refractivity contribution is 0.238. The molecular formula is C18H20N6. The molecule has 3 aromatic rings. The molecule has 3 heterocycles. The first-order valence-corrected chi connectivity index (χ1v) is 8.34. The number of benzene rings is 1. The van der Waals surface area contributed by atoms with Crippen molar-refractivity contribution in [3.05, 3.63) is 65.5 Å². The molecule has 0 aliphatic carbocycles. The van der Waals surface area contributed by atoms with Gasteiger partial charge in [0.1, 0.15) is 5.82 Å². The number of hydrogen-bond acceptors (Lipinski definition) is 5. The minimum atomic E-state index is 0.789. The molecule has 0 fully saturated rings. The zero-order valence-corrected chi connectivity index (χ0v) is 13.8. The molecule has 6 nitrogen and oxygen atoms in total. The summed E-state index contributed by atoms with van der Waals surface area (Å²) in [4.78, 5) is 11.5. The van der Waals surface area contributed by atoms with Gasteiger partial charge in [0.05, 0.1) is 23.3 Å². The highest BCUT2D eigenvalue weighted by Gasteiger charge is 2.19. The van der Waals surface area contributed by atoms with Crippen LogP contribution in [0.5, 0.6) is 0 Å². The standard InChI is InChI=1S/C18H20N6/c1-2-18-19-10-14-8-9-23(13-17(14)20-18)11-15-12-24(22-21-15)16-6-4-3-5-7-16/h3-7,10,12H,2,8-9,11,13H2,1H3. The zero-order valence-electron chi connectivity index (χ0n) is 13.8. The van der Waals surface area contributed by atoms with Crippen molar-refractivity contribution >= 4 is 0 Å². The van der Waals surface area contributed by atoms with Crippen LogP contribution < -0.4 is 0 Å². The monoisotopic (exact) mass is 320 g/mol. The Morgan fingerprint density at radius 1 is 1.17 bits per heavy atom. The molecule has 0 amide bonds. The molecule has 0 radical (unpaired) electrons. The summed E-state index contributed by atoms with van der Waals surface area (Å²) in [7, 11) is 0. The Morgan fingerprint density at radius 2 is 2.04 bits per heavy atom. The first kappa shape index (κ1) is 15.0. The number of aromatic nitrogens is 5. The lowest BCUT2D eigenvalue weighted by atomic mass is 10.1. The fourth-order valence-corrected chi connectivity index (χ4v) is 3.01. The second-order valence-corrected chi connectivity index (χ2v) is 6.06. The summed E-state index contributed by atoms with van der Waals surface area (Å²) in [6.07, 6.45) is 5.86. The van der Waals surface area contributed by atoms with E-state index in [4.69, 9.17) is 0 Å². The molecule has 0 N–H and O–H groups in total. The molecule has 0 atom stereocenters. The third-order valence-electron chi connectivity index (χ3n) is 4.34. The molecule has 0 bridgehead atoms. The molecule has 1 aliphatic heterocycles. The van der Waals surface area contributed by atoms with Gasteiger partial charge in [-0.3, -0.25) is 4.90 Å². The average molecular weight is 320 g/mol. The molecule has 122 valence electrons. The molecule has 1 aromatic carbocycles. The third-order valence-corrected chi connectivity index (χ3v) is 4.34. The van der Waals surface area contributed by atoms with Gasteiger partial charge in [0.2, 0.25) is 0 Å². The molecule has 4 rings (SSSR count). The van der Waals surface area contributed by atoms with Gasteiger partial charge in [0.15, 0.2) is 0 Å². The van der Waals surface area contributed by atoms with Crippen molar-refractivity contribution in [3.8, 4) is 5.69 Å². The van der Waals surface area contributed by atoms with Gasteiger partial charge in [-0.1, -0.05) is 30.3 Å².